The van der Waals surface area contributed by atoms with E-state index in [1.165, 1.54) is 0 Å². The van der Waals surface area contributed by atoms with E-state index < -0.39 is 16.3 Å². The minimum atomic E-state index is -1.56. The summed E-state index contributed by atoms with van der Waals surface area (Å²) >= 11 is 3.02. The molecule has 0 unspecified atom stereocenters. The number of halogens is 1. The number of carbonyl (C=O) groups is 2. The van der Waals surface area contributed by atoms with Crippen LogP contribution in [0.15, 0.2) is 0 Å². The number of nitriles is 1. The second-order valence-electron chi connectivity index (χ2n) is 2.90. The van der Waals surface area contributed by atoms with E-state index in [0.717, 1.165) is 0 Å². The van der Waals surface area contributed by atoms with Crippen molar-refractivity contribution < 1.29 is 19.1 Å². The largest absolute Gasteiger partial charge is 0.465 e. The second kappa shape index (κ2) is 7.23. The van der Waals surface area contributed by atoms with Gasteiger partial charge in [0.1, 0.15) is 0 Å². The number of hydrogen-bond acceptors (Lipinski definition) is 5. The maximum absolute atomic E-state index is 11.6. The van der Waals surface area contributed by atoms with Crippen molar-refractivity contribution in [1.82, 2.24) is 0 Å². The number of esters is 2. The van der Waals surface area contributed by atoms with Gasteiger partial charge in [0.2, 0.25) is 4.32 Å². The average Bonchev–Trinajstić information content (AvgIpc) is 2.26. The van der Waals surface area contributed by atoms with Gasteiger partial charge in [-0.25, -0.2) is 9.59 Å². The molecular weight excluding hydrogens is 278 g/mol. The summed E-state index contributed by atoms with van der Waals surface area (Å²) in [6, 6.07) is 1.87. The molecule has 0 radical (unpaired) electrons. The summed E-state index contributed by atoms with van der Waals surface area (Å²) in [5, 5.41) is 8.48. The lowest BCUT2D eigenvalue weighted by molar-refractivity contribution is -0.158. The molecule has 6 heteroatoms. The Morgan fingerprint density at radius 2 is 1.69 bits per heavy atom. The molecule has 0 amide bonds. The van der Waals surface area contributed by atoms with Crippen molar-refractivity contribution in [3.63, 3.8) is 0 Å². The quantitative estimate of drug-likeness (QED) is 0.422. The van der Waals surface area contributed by atoms with Crippen LogP contribution in [0.2, 0.25) is 0 Å². The highest BCUT2D eigenvalue weighted by molar-refractivity contribution is 9.10. The molecule has 0 saturated heterocycles. The van der Waals surface area contributed by atoms with Gasteiger partial charge in [-0.3, -0.25) is 0 Å². The molecule has 16 heavy (non-hydrogen) atoms. The first-order chi connectivity index (χ1) is 7.52. The minimum Gasteiger partial charge on any atom is -0.465 e. The lowest BCUT2D eigenvalue weighted by Gasteiger charge is -2.21. The molecule has 5 nitrogen and oxygen atoms in total. The minimum absolute atomic E-state index is 0.0289. The van der Waals surface area contributed by atoms with Gasteiger partial charge in [-0.05, 0) is 20.3 Å². The van der Waals surface area contributed by atoms with Gasteiger partial charge in [0.25, 0.3) is 0 Å². The zero-order valence-electron chi connectivity index (χ0n) is 9.29. The van der Waals surface area contributed by atoms with Gasteiger partial charge >= 0.3 is 11.9 Å². The molecule has 0 bridgehead atoms. The summed E-state index contributed by atoms with van der Waals surface area (Å²) in [4.78, 5) is 23.2. The summed E-state index contributed by atoms with van der Waals surface area (Å²) in [5.74, 6) is -1.44. The van der Waals surface area contributed by atoms with Crippen molar-refractivity contribution in [2.45, 2.75) is 31.0 Å². The third-order valence-corrected chi connectivity index (χ3v) is 2.82. The summed E-state index contributed by atoms with van der Waals surface area (Å²) in [6.07, 6.45) is 0.0873. The molecule has 0 fully saturated rings. The molecule has 0 N–H and O–H groups in total. The lowest BCUT2D eigenvalue weighted by Crippen LogP contribution is -2.43. The number of hydrogen-bond donors (Lipinski definition) is 0. The van der Waals surface area contributed by atoms with Gasteiger partial charge < -0.3 is 9.47 Å². The van der Waals surface area contributed by atoms with Crippen LogP contribution < -0.4 is 0 Å². The molecule has 90 valence electrons. The Hall–Kier alpha value is -1.09. The molecule has 0 aliphatic heterocycles. The number of alkyl halides is 1. The zero-order valence-corrected chi connectivity index (χ0v) is 10.9. The second-order valence-corrected chi connectivity index (χ2v) is 4.25. The molecule has 0 heterocycles. The van der Waals surface area contributed by atoms with Crippen LogP contribution in [0.4, 0.5) is 0 Å². The van der Waals surface area contributed by atoms with Crippen molar-refractivity contribution in [2.24, 2.45) is 0 Å². The first-order valence-corrected chi connectivity index (χ1v) is 5.72. The van der Waals surface area contributed by atoms with Crippen molar-refractivity contribution >= 4 is 27.9 Å². The smallest absolute Gasteiger partial charge is 0.334 e. The molecule has 0 aliphatic rings. The monoisotopic (exact) mass is 291 g/mol. The van der Waals surface area contributed by atoms with Crippen LogP contribution in [0.25, 0.3) is 0 Å². The summed E-state index contributed by atoms with van der Waals surface area (Å²) in [6.45, 7) is 3.61. The van der Waals surface area contributed by atoms with E-state index in [9.17, 15) is 9.59 Å². The van der Waals surface area contributed by atoms with Crippen LogP contribution in [-0.2, 0) is 19.1 Å². The van der Waals surface area contributed by atoms with Crippen LogP contribution >= 0.6 is 15.9 Å². The molecule has 0 rings (SSSR count). The van der Waals surface area contributed by atoms with Crippen LogP contribution in [-0.4, -0.2) is 29.5 Å². The number of carbonyl (C=O) groups excluding carboxylic acids is 2. The van der Waals surface area contributed by atoms with E-state index in [1.54, 1.807) is 13.8 Å². The van der Waals surface area contributed by atoms with Gasteiger partial charge in [-0.2, -0.15) is 5.26 Å². The van der Waals surface area contributed by atoms with Crippen molar-refractivity contribution in [3.8, 4) is 6.07 Å². The van der Waals surface area contributed by atoms with Crippen molar-refractivity contribution in [2.75, 3.05) is 13.2 Å². The SMILES string of the molecule is CCOC(=O)C(Br)(CCC#N)C(=O)OCC. The molecule has 0 saturated carbocycles. The van der Waals surface area contributed by atoms with E-state index in [-0.39, 0.29) is 26.1 Å². The normalized spacial score (nSPS) is 10.4. The molecule has 0 aromatic heterocycles. The fourth-order valence-corrected chi connectivity index (χ4v) is 1.43. The molecule has 0 atom stereocenters. The number of rotatable bonds is 6. The number of nitrogens with zero attached hydrogens (tertiary/aromatic N) is 1. The summed E-state index contributed by atoms with van der Waals surface area (Å²) in [7, 11) is 0. The standard InChI is InChI=1S/C10H14BrNO4/c1-3-15-8(13)10(11,6-5-7-12)9(14)16-4-2/h3-6H2,1-2H3. The average molecular weight is 292 g/mol. The van der Waals surface area contributed by atoms with E-state index in [2.05, 4.69) is 15.9 Å². The Morgan fingerprint density at radius 1 is 1.25 bits per heavy atom. The molecule has 0 aliphatic carbocycles. The Bertz CT molecular complexity index is 280. The third-order valence-electron chi connectivity index (χ3n) is 1.78. The topological polar surface area (TPSA) is 76.4 Å². The van der Waals surface area contributed by atoms with Crippen LogP contribution in [0.3, 0.4) is 0 Å². The molecule has 0 spiro atoms. The highest BCUT2D eigenvalue weighted by Crippen LogP contribution is 2.28. The fraction of sp³-hybridized carbons (Fsp3) is 0.700. The number of ether oxygens (including phenoxy) is 2. The van der Waals surface area contributed by atoms with Gasteiger partial charge in [-0.1, -0.05) is 15.9 Å². The maximum atomic E-state index is 11.6. The van der Waals surface area contributed by atoms with Gasteiger partial charge in [0, 0.05) is 6.42 Å². The first kappa shape index (κ1) is 14.9. The predicted octanol–water partition coefficient (Wildman–Crippen LogP) is 1.55. The fourth-order valence-electron chi connectivity index (χ4n) is 1.01. The van der Waals surface area contributed by atoms with E-state index >= 15 is 0 Å². The maximum Gasteiger partial charge on any atom is 0.334 e. The first-order valence-electron chi connectivity index (χ1n) is 4.93. The summed E-state index contributed by atoms with van der Waals surface area (Å²) < 4.78 is 7.99. The van der Waals surface area contributed by atoms with Crippen LogP contribution in [0, 0.1) is 11.3 Å². The highest BCUT2D eigenvalue weighted by Gasteiger charge is 2.46. The Kier molecular flexibility index (Phi) is 6.74. The van der Waals surface area contributed by atoms with Crippen molar-refractivity contribution in [1.29, 1.82) is 5.26 Å². The third kappa shape index (κ3) is 3.81. The molecule has 0 aromatic carbocycles. The lowest BCUT2D eigenvalue weighted by atomic mass is 10.0. The van der Waals surface area contributed by atoms with Crippen LogP contribution in [0.1, 0.15) is 26.7 Å². The predicted molar refractivity (Wildman–Crippen MR) is 59.8 cm³/mol. The van der Waals surface area contributed by atoms with E-state index in [1.807, 2.05) is 6.07 Å². The van der Waals surface area contributed by atoms with Crippen molar-refractivity contribution in [3.05, 3.63) is 0 Å². The Morgan fingerprint density at radius 3 is 2.00 bits per heavy atom. The van der Waals surface area contributed by atoms with Gasteiger partial charge in [-0.15, -0.1) is 0 Å². The highest BCUT2D eigenvalue weighted by atomic mass is 79.9. The van der Waals surface area contributed by atoms with Crippen LogP contribution in [0.5, 0.6) is 0 Å². The summed E-state index contributed by atoms with van der Waals surface area (Å²) in [5.41, 5.74) is 0. The Balaban J connectivity index is 4.80. The Labute approximate surface area is 103 Å². The molecule has 0 aromatic rings. The van der Waals surface area contributed by atoms with E-state index in [4.69, 9.17) is 14.7 Å². The molecular formula is C10H14BrNO4. The van der Waals surface area contributed by atoms with E-state index in [0.29, 0.717) is 0 Å². The zero-order chi connectivity index (χ0) is 12.6. The van der Waals surface area contributed by atoms with Gasteiger partial charge in [0.15, 0.2) is 0 Å². The van der Waals surface area contributed by atoms with Gasteiger partial charge in [0.05, 0.1) is 19.3 Å².